The van der Waals surface area contributed by atoms with Crippen molar-refractivity contribution in [3.05, 3.63) is 29.8 Å². The lowest BCUT2D eigenvalue weighted by molar-refractivity contribution is 0.0910. The van der Waals surface area contributed by atoms with E-state index < -0.39 is 0 Å². The van der Waals surface area contributed by atoms with Gasteiger partial charge in [0.05, 0.1) is 0 Å². The van der Waals surface area contributed by atoms with Crippen molar-refractivity contribution in [3.63, 3.8) is 0 Å². The number of rotatable bonds is 2. The standard InChI is InChI=1S/C14H20N2O/c1-14(2)8-4-7-12(14)16-13(17)10-5-3-6-11(15)9-10/h3,5-6,9,12H,4,7-8,15H2,1-2H3,(H,16,17). The summed E-state index contributed by atoms with van der Waals surface area (Å²) in [7, 11) is 0. The Hall–Kier alpha value is -1.51. The zero-order valence-corrected chi connectivity index (χ0v) is 10.5. The minimum Gasteiger partial charge on any atom is -0.399 e. The highest BCUT2D eigenvalue weighted by Gasteiger charge is 2.35. The summed E-state index contributed by atoms with van der Waals surface area (Å²) in [5.41, 5.74) is 7.16. The van der Waals surface area contributed by atoms with E-state index in [1.165, 1.54) is 12.8 Å². The second-order valence-electron chi connectivity index (χ2n) is 5.53. The quantitative estimate of drug-likeness (QED) is 0.770. The van der Waals surface area contributed by atoms with E-state index >= 15 is 0 Å². The van der Waals surface area contributed by atoms with E-state index in [2.05, 4.69) is 19.2 Å². The van der Waals surface area contributed by atoms with E-state index in [0.717, 1.165) is 6.42 Å². The molecule has 3 nitrogen and oxygen atoms in total. The largest absolute Gasteiger partial charge is 0.399 e. The first-order chi connectivity index (χ1) is 7.99. The fraction of sp³-hybridized carbons (Fsp3) is 0.500. The van der Waals surface area contributed by atoms with E-state index in [9.17, 15) is 4.79 Å². The van der Waals surface area contributed by atoms with Gasteiger partial charge >= 0.3 is 0 Å². The van der Waals surface area contributed by atoms with E-state index in [4.69, 9.17) is 5.73 Å². The highest BCUT2D eigenvalue weighted by atomic mass is 16.1. The van der Waals surface area contributed by atoms with Gasteiger partial charge in [-0.25, -0.2) is 0 Å². The van der Waals surface area contributed by atoms with Crippen LogP contribution in [-0.4, -0.2) is 11.9 Å². The summed E-state index contributed by atoms with van der Waals surface area (Å²) < 4.78 is 0. The molecule has 1 aliphatic rings. The summed E-state index contributed by atoms with van der Waals surface area (Å²) in [6, 6.07) is 7.39. The van der Waals surface area contributed by atoms with Crippen molar-refractivity contribution in [3.8, 4) is 0 Å². The molecule has 0 bridgehead atoms. The molecule has 1 fully saturated rings. The Labute approximate surface area is 102 Å². The molecule has 0 aliphatic heterocycles. The van der Waals surface area contributed by atoms with Crippen LogP contribution in [0.25, 0.3) is 0 Å². The van der Waals surface area contributed by atoms with Crippen molar-refractivity contribution in [2.45, 2.75) is 39.2 Å². The van der Waals surface area contributed by atoms with Gasteiger partial charge in [0.1, 0.15) is 0 Å². The van der Waals surface area contributed by atoms with Crippen LogP contribution in [0.1, 0.15) is 43.5 Å². The minimum atomic E-state index is -0.0164. The lowest BCUT2D eigenvalue weighted by atomic mass is 9.87. The van der Waals surface area contributed by atoms with Crippen LogP contribution in [-0.2, 0) is 0 Å². The molecule has 1 amide bonds. The summed E-state index contributed by atoms with van der Waals surface area (Å²) in [5, 5.41) is 3.12. The van der Waals surface area contributed by atoms with Gasteiger partial charge in [0.2, 0.25) is 0 Å². The first-order valence-electron chi connectivity index (χ1n) is 6.15. The molecule has 0 radical (unpaired) electrons. The Kier molecular flexibility index (Phi) is 3.09. The average molecular weight is 232 g/mol. The molecule has 1 aromatic rings. The molecule has 0 spiro atoms. The molecule has 1 aliphatic carbocycles. The molecule has 0 saturated heterocycles. The zero-order chi connectivity index (χ0) is 12.5. The maximum Gasteiger partial charge on any atom is 0.251 e. The van der Waals surface area contributed by atoms with E-state index in [0.29, 0.717) is 11.3 Å². The molecule has 0 aromatic heterocycles. The second-order valence-corrected chi connectivity index (χ2v) is 5.53. The monoisotopic (exact) mass is 232 g/mol. The fourth-order valence-electron chi connectivity index (χ4n) is 2.52. The van der Waals surface area contributed by atoms with Gasteiger partial charge in [-0.05, 0) is 36.5 Å². The van der Waals surface area contributed by atoms with Gasteiger partial charge in [-0.15, -0.1) is 0 Å². The molecule has 0 heterocycles. The first-order valence-corrected chi connectivity index (χ1v) is 6.15. The van der Waals surface area contributed by atoms with Crippen LogP contribution < -0.4 is 11.1 Å². The molecule has 1 unspecified atom stereocenters. The van der Waals surface area contributed by atoms with Crippen LogP contribution in [0, 0.1) is 5.41 Å². The Morgan fingerprint density at radius 3 is 2.82 bits per heavy atom. The number of amides is 1. The highest BCUT2D eigenvalue weighted by Crippen LogP contribution is 2.37. The lowest BCUT2D eigenvalue weighted by Crippen LogP contribution is -2.41. The summed E-state index contributed by atoms with van der Waals surface area (Å²) in [4.78, 5) is 12.1. The van der Waals surface area contributed by atoms with Crippen LogP contribution >= 0.6 is 0 Å². The van der Waals surface area contributed by atoms with Crippen molar-refractivity contribution in [2.75, 3.05) is 5.73 Å². The van der Waals surface area contributed by atoms with Crippen LogP contribution in [0.4, 0.5) is 5.69 Å². The van der Waals surface area contributed by atoms with Gasteiger partial charge in [-0.2, -0.15) is 0 Å². The smallest absolute Gasteiger partial charge is 0.251 e. The minimum absolute atomic E-state index is 0.0164. The van der Waals surface area contributed by atoms with Gasteiger partial charge < -0.3 is 11.1 Å². The number of carbonyl (C=O) groups excluding carboxylic acids is 1. The van der Waals surface area contributed by atoms with Gasteiger partial charge in [0, 0.05) is 17.3 Å². The number of hydrogen-bond donors (Lipinski definition) is 2. The molecule has 1 atom stereocenters. The van der Waals surface area contributed by atoms with Crippen molar-refractivity contribution in [1.29, 1.82) is 0 Å². The molecule has 2 rings (SSSR count). The topological polar surface area (TPSA) is 55.1 Å². The van der Waals surface area contributed by atoms with E-state index in [-0.39, 0.29) is 17.4 Å². The second kappa shape index (κ2) is 4.40. The van der Waals surface area contributed by atoms with E-state index in [1.807, 2.05) is 6.07 Å². The zero-order valence-electron chi connectivity index (χ0n) is 10.5. The predicted molar refractivity (Wildman–Crippen MR) is 69.7 cm³/mol. The first kappa shape index (κ1) is 12.0. The third-order valence-corrected chi connectivity index (χ3v) is 3.71. The van der Waals surface area contributed by atoms with Gasteiger partial charge in [0.15, 0.2) is 0 Å². The van der Waals surface area contributed by atoms with Crippen molar-refractivity contribution in [1.82, 2.24) is 5.32 Å². The molecule has 17 heavy (non-hydrogen) atoms. The SMILES string of the molecule is CC1(C)CCCC1NC(=O)c1cccc(N)c1. The van der Waals surface area contributed by atoms with Crippen LogP contribution in [0.5, 0.6) is 0 Å². The van der Waals surface area contributed by atoms with Gasteiger partial charge in [-0.1, -0.05) is 26.3 Å². The summed E-state index contributed by atoms with van der Waals surface area (Å²) in [6.07, 6.45) is 3.44. The number of carbonyl (C=O) groups is 1. The highest BCUT2D eigenvalue weighted by molar-refractivity contribution is 5.95. The van der Waals surface area contributed by atoms with Crippen LogP contribution in [0.3, 0.4) is 0 Å². The average Bonchev–Trinajstić information content (AvgIpc) is 2.58. The Morgan fingerprint density at radius 2 is 2.24 bits per heavy atom. The van der Waals surface area contributed by atoms with E-state index in [1.54, 1.807) is 18.2 Å². The molecular weight excluding hydrogens is 212 g/mol. The molecular formula is C14H20N2O. The van der Waals surface area contributed by atoms with Crippen LogP contribution in [0.2, 0.25) is 0 Å². The predicted octanol–water partition coefficient (Wildman–Crippen LogP) is 2.58. The Morgan fingerprint density at radius 1 is 1.47 bits per heavy atom. The molecule has 3 heteroatoms. The molecule has 1 saturated carbocycles. The number of benzene rings is 1. The van der Waals surface area contributed by atoms with Crippen molar-refractivity contribution in [2.24, 2.45) is 5.41 Å². The number of hydrogen-bond acceptors (Lipinski definition) is 2. The van der Waals surface area contributed by atoms with Crippen LogP contribution in [0.15, 0.2) is 24.3 Å². The normalized spacial score (nSPS) is 22.4. The molecule has 92 valence electrons. The lowest BCUT2D eigenvalue weighted by Gasteiger charge is -2.27. The third-order valence-electron chi connectivity index (χ3n) is 3.71. The molecule has 3 N–H and O–H groups in total. The maximum absolute atomic E-state index is 12.1. The number of nitrogen functional groups attached to an aromatic ring is 1. The summed E-state index contributed by atoms with van der Waals surface area (Å²) in [6.45, 7) is 4.43. The number of nitrogens with one attached hydrogen (secondary N) is 1. The van der Waals surface area contributed by atoms with Crippen molar-refractivity contribution < 1.29 is 4.79 Å². The Bertz CT molecular complexity index is 426. The molecule has 1 aromatic carbocycles. The fourth-order valence-corrected chi connectivity index (χ4v) is 2.52. The Balaban J connectivity index is 2.07. The summed E-state index contributed by atoms with van der Waals surface area (Å²) in [5.74, 6) is -0.0164. The third kappa shape index (κ3) is 2.60. The van der Waals surface area contributed by atoms with Crippen molar-refractivity contribution >= 4 is 11.6 Å². The summed E-state index contributed by atoms with van der Waals surface area (Å²) >= 11 is 0. The van der Waals surface area contributed by atoms with Gasteiger partial charge in [0.25, 0.3) is 5.91 Å². The number of anilines is 1. The maximum atomic E-state index is 12.1. The number of nitrogens with two attached hydrogens (primary N) is 1. The van der Waals surface area contributed by atoms with Gasteiger partial charge in [-0.3, -0.25) is 4.79 Å².